The van der Waals surface area contributed by atoms with Crippen molar-refractivity contribution in [2.24, 2.45) is 4.99 Å². The van der Waals surface area contributed by atoms with Crippen LogP contribution in [-0.2, 0) is 0 Å². The zero-order valence-electron chi connectivity index (χ0n) is 17.0. The highest BCUT2D eigenvalue weighted by atomic mass is 16.3. The smallest absolute Gasteiger partial charge is 0.198 e. The van der Waals surface area contributed by atoms with Gasteiger partial charge in [-0.25, -0.2) is 4.99 Å². The van der Waals surface area contributed by atoms with Gasteiger partial charge in [-0.3, -0.25) is 4.48 Å². The number of allylic oxidation sites excluding steroid dienone is 2. The van der Waals surface area contributed by atoms with E-state index in [-0.39, 0.29) is 6.61 Å². The van der Waals surface area contributed by atoms with Crippen LogP contribution in [0.15, 0.2) is 17.1 Å². The van der Waals surface area contributed by atoms with Crippen molar-refractivity contribution in [2.75, 3.05) is 32.8 Å². The lowest BCUT2D eigenvalue weighted by atomic mass is 10.0. The van der Waals surface area contributed by atoms with Crippen molar-refractivity contribution in [3.63, 3.8) is 0 Å². The first kappa shape index (κ1) is 22.4. The van der Waals surface area contributed by atoms with E-state index in [2.05, 4.69) is 26.0 Å². The quantitative estimate of drug-likeness (QED) is 0.223. The summed E-state index contributed by atoms with van der Waals surface area (Å²) in [7, 11) is 0. The van der Waals surface area contributed by atoms with E-state index in [0.29, 0.717) is 0 Å². The number of hydrogen-bond donors (Lipinski definition) is 1. The Kier molecular flexibility index (Phi) is 13.0. The van der Waals surface area contributed by atoms with Crippen LogP contribution in [0.5, 0.6) is 0 Å². The molecule has 0 fully saturated rings. The predicted molar refractivity (Wildman–Crippen MR) is 110 cm³/mol. The van der Waals surface area contributed by atoms with Gasteiger partial charge in [-0.1, -0.05) is 63.5 Å². The van der Waals surface area contributed by atoms with Crippen molar-refractivity contribution < 1.29 is 9.59 Å². The van der Waals surface area contributed by atoms with Crippen LogP contribution in [0.3, 0.4) is 0 Å². The van der Waals surface area contributed by atoms with Gasteiger partial charge in [-0.2, -0.15) is 0 Å². The maximum atomic E-state index is 9.35. The van der Waals surface area contributed by atoms with Gasteiger partial charge < -0.3 is 5.11 Å². The Morgan fingerprint density at radius 2 is 1.56 bits per heavy atom. The molecule has 0 aromatic rings. The molecule has 3 nitrogen and oxygen atoms in total. The third-order valence-corrected chi connectivity index (χ3v) is 5.76. The van der Waals surface area contributed by atoms with Crippen molar-refractivity contribution in [1.82, 2.24) is 0 Å². The summed E-state index contributed by atoms with van der Waals surface area (Å²) in [5, 5.41) is 9.35. The summed E-state index contributed by atoms with van der Waals surface area (Å²) < 4.78 is 0.949. The SMILES string of the molecule is C/C=C/CCCCCCCCCCCCC1=NCC[N+]1(CC)CCO. The molecule has 0 saturated carbocycles. The topological polar surface area (TPSA) is 32.6 Å². The van der Waals surface area contributed by atoms with E-state index < -0.39 is 0 Å². The largest absolute Gasteiger partial charge is 0.390 e. The Balaban J connectivity index is 1.95. The Labute approximate surface area is 156 Å². The molecule has 0 aromatic carbocycles. The molecule has 0 aromatic heterocycles. The average molecular weight is 352 g/mol. The van der Waals surface area contributed by atoms with Crippen molar-refractivity contribution in [3.8, 4) is 0 Å². The number of aliphatic imine (C=N–C) groups is 1. The number of rotatable bonds is 16. The minimum Gasteiger partial charge on any atom is -0.390 e. The van der Waals surface area contributed by atoms with Crippen LogP contribution >= 0.6 is 0 Å². The Morgan fingerprint density at radius 3 is 2.12 bits per heavy atom. The minimum absolute atomic E-state index is 0.280. The lowest BCUT2D eigenvalue weighted by Gasteiger charge is -2.33. The molecule has 0 bridgehead atoms. The Bertz CT molecular complexity index is 378. The summed E-state index contributed by atoms with van der Waals surface area (Å²) in [6, 6.07) is 0. The first-order chi connectivity index (χ1) is 12.3. The van der Waals surface area contributed by atoms with Crippen LogP contribution in [0.2, 0.25) is 0 Å². The third-order valence-electron chi connectivity index (χ3n) is 5.76. The zero-order valence-corrected chi connectivity index (χ0v) is 17.0. The first-order valence-corrected chi connectivity index (χ1v) is 10.9. The number of nitrogens with zero attached hydrogens (tertiary/aromatic N) is 2. The van der Waals surface area contributed by atoms with E-state index in [9.17, 15) is 5.11 Å². The highest BCUT2D eigenvalue weighted by Crippen LogP contribution is 2.20. The number of amidine groups is 1. The maximum Gasteiger partial charge on any atom is 0.198 e. The van der Waals surface area contributed by atoms with Gasteiger partial charge >= 0.3 is 0 Å². The van der Waals surface area contributed by atoms with E-state index in [4.69, 9.17) is 4.99 Å². The van der Waals surface area contributed by atoms with Gasteiger partial charge in [0.15, 0.2) is 5.84 Å². The molecule has 1 unspecified atom stereocenters. The third kappa shape index (κ3) is 9.01. The van der Waals surface area contributed by atoms with E-state index in [1.807, 2.05) is 0 Å². The second-order valence-electron chi connectivity index (χ2n) is 7.57. The molecule has 1 heterocycles. The van der Waals surface area contributed by atoms with Crippen LogP contribution in [0.25, 0.3) is 0 Å². The van der Waals surface area contributed by atoms with Crippen LogP contribution < -0.4 is 0 Å². The Morgan fingerprint density at radius 1 is 0.960 bits per heavy atom. The fraction of sp³-hybridized carbons (Fsp3) is 0.864. The van der Waals surface area contributed by atoms with Crippen molar-refractivity contribution in [1.29, 1.82) is 0 Å². The van der Waals surface area contributed by atoms with Crippen LogP contribution in [0, 0.1) is 0 Å². The van der Waals surface area contributed by atoms with Gasteiger partial charge in [0.1, 0.15) is 13.1 Å². The fourth-order valence-electron chi connectivity index (χ4n) is 4.02. The maximum absolute atomic E-state index is 9.35. The monoisotopic (exact) mass is 351 g/mol. The molecule has 1 N–H and O–H groups in total. The average Bonchev–Trinajstić information content (AvgIpc) is 3.02. The van der Waals surface area contributed by atoms with Crippen molar-refractivity contribution in [3.05, 3.63) is 12.2 Å². The van der Waals surface area contributed by atoms with Crippen molar-refractivity contribution >= 4 is 5.84 Å². The number of unbranched alkanes of at least 4 members (excludes halogenated alkanes) is 10. The molecule has 0 aliphatic carbocycles. The van der Waals surface area contributed by atoms with Gasteiger partial charge in [-0.15, -0.1) is 0 Å². The van der Waals surface area contributed by atoms with Gasteiger partial charge in [0.25, 0.3) is 0 Å². The number of aliphatic hydroxyl groups excluding tert-OH is 1. The first-order valence-electron chi connectivity index (χ1n) is 10.9. The second kappa shape index (κ2) is 14.5. The number of likely N-dealkylation sites (N-methyl/N-ethyl adjacent to an activating group) is 1. The second-order valence-corrected chi connectivity index (χ2v) is 7.57. The minimum atomic E-state index is 0.280. The van der Waals surface area contributed by atoms with Crippen molar-refractivity contribution in [2.45, 2.75) is 90.9 Å². The van der Waals surface area contributed by atoms with E-state index in [1.165, 1.54) is 76.5 Å². The van der Waals surface area contributed by atoms with Gasteiger partial charge in [0.05, 0.1) is 19.7 Å². The molecule has 0 spiro atoms. The van der Waals surface area contributed by atoms with Gasteiger partial charge in [-0.05, 0) is 33.1 Å². The van der Waals surface area contributed by atoms with E-state index in [0.717, 1.165) is 37.1 Å². The molecular weight excluding hydrogens is 308 g/mol. The van der Waals surface area contributed by atoms with E-state index >= 15 is 0 Å². The van der Waals surface area contributed by atoms with Crippen LogP contribution in [0.4, 0.5) is 0 Å². The number of quaternary nitrogens is 1. The molecule has 25 heavy (non-hydrogen) atoms. The summed E-state index contributed by atoms with van der Waals surface area (Å²) in [6.07, 6.45) is 20.7. The highest BCUT2D eigenvalue weighted by molar-refractivity contribution is 5.76. The molecule has 1 rings (SSSR count). The highest BCUT2D eigenvalue weighted by Gasteiger charge is 2.35. The summed E-state index contributed by atoms with van der Waals surface area (Å²) >= 11 is 0. The molecule has 3 heteroatoms. The van der Waals surface area contributed by atoms with Gasteiger partial charge in [0.2, 0.25) is 0 Å². The summed E-state index contributed by atoms with van der Waals surface area (Å²) in [5.41, 5.74) is 0. The number of aliphatic hydroxyl groups is 1. The molecule has 0 saturated heterocycles. The lowest BCUT2D eigenvalue weighted by molar-refractivity contribution is -0.835. The zero-order chi connectivity index (χ0) is 18.2. The summed E-state index contributed by atoms with van der Waals surface area (Å²) in [5.74, 6) is 1.36. The molecule has 1 aliphatic heterocycles. The van der Waals surface area contributed by atoms with Crippen LogP contribution in [0.1, 0.15) is 90.9 Å². The van der Waals surface area contributed by atoms with E-state index in [1.54, 1.807) is 0 Å². The molecule has 146 valence electrons. The fourth-order valence-corrected chi connectivity index (χ4v) is 4.02. The molecule has 0 amide bonds. The molecular formula is C22H43N2O+. The lowest BCUT2D eigenvalue weighted by Crippen LogP contribution is -2.52. The summed E-state index contributed by atoms with van der Waals surface area (Å²) in [4.78, 5) is 4.75. The molecule has 0 radical (unpaired) electrons. The van der Waals surface area contributed by atoms with Gasteiger partial charge in [0, 0.05) is 6.42 Å². The normalized spacial score (nSPS) is 20.5. The predicted octanol–water partition coefficient (Wildman–Crippen LogP) is 5.48. The molecule has 1 aliphatic rings. The van der Waals surface area contributed by atoms with Crippen LogP contribution in [-0.4, -0.2) is 48.2 Å². The number of hydrogen-bond acceptors (Lipinski definition) is 2. The Hall–Kier alpha value is -0.670. The molecule has 1 atom stereocenters. The standard InChI is InChI=1S/C22H43N2O/c1-3-5-6-7-8-9-10-11-12-13-14-15-16-17-22-23-18-19-24(22,4-2)20-21-25/h3,5,25H,4,6-21H2,1-2H3/q+1/b5-3+. The summed E-state index contributed by atoms with van der Waals surface area (Å²) in [6.45, 7) is 8.60.